The zero-order chi connectivity index (χ0) is 27.6. The van der Waals surface area contributed by atoms with Gasteiger partial charge in [0.2, 0.25) is 0 Å². The van der Waals surface area contributed by atoms with Gasteiger partial charge in [-0.15, -0.1) is 0 Å². The van der Waals surface area contributed by atoms with Crippen LogP contribution in [0.1, 0.15) is 22.3 Å². The molecule has 0 atom stereocenters. The van der Waals surface area contributed by atoms with Crippen molar-refractivity contribution < 1.29 is 0 Å². The van der Waals surface area contributed by atoms with E-state index in [9.17, 15) is 0 Å². The van der Waals surface area contributed by atoms with Crippen molar-refractivity contribution in [1.82, 2.24) is 0 Å². The van der Waals surface area contributed by atoms with E-state index in [4.69, 9.17) is 0 Å². The third-order valence-corrected chi connectivity index (χ3v) is 7.43. The van der Waals surface area contributed by atoms with Crippen molar-refractivity contribution in [2.75, 3.05) is 9.80 Å². The first-order valence-corrected chi connectivity index (χ1v) is 13.9. The molecule has 0 aromatic heterocycles. The smallest absolute Gasteiger partial charge is 0.0560 e. The Hall–Kier alpha value is -4.82. The molecule has 6 aromatic carbocycles. The van der Waals surface area contributed by atoms with Crippen LogP contribution in [0.25, 0.3) is 10.8 Å². The van der Waals surface area contributed by atoms with E-state index in [-0.39, 0.29) is 0 Å². The summed E-state index contributed by atoms with van der Waals surface area (Å²) in [6, 6.07) is 48.5. The van der Waals surface area contributed by atoms with Gasteiger partial charge in [0.1, 0.15) is 0 Å². The van der Waals surface area contributed by atoms with Gasteiger partial charge in [0.25, 0.3) is 0 Å². The number of hydrogen-bond donors (Lipinski definition) is 0. The van der Waals surface area contributed by atoms with Crippen molar-refractivity contribution in [1.29, 1.82) is 0 Å². The first-order valence-electron chi connectivity index (χ1n) is 13.9. The molecule has 0 N–H and O–H groups in total. The average Bonchev–Trinajstić information content (AvgIpc) is 2.96. The van der Waals surface area contributed by atoms with E-state index < -0.39 is 0 Å². The largest absolute Gasteiger partial charge is 0.310 e. The number of fused-ring (bicyclic) bond motifs is 1. The van der Waals surface area contributed by atoms with Crippen LogP contribution in [0.3, 0.4) is 0 Å². The Labute approximate surface area is 237 Å². The second-order valence-electron chi connectivity index (χ2n) is 10.7. The molecule has 0 aliphatic rings. The first kappa shape index (κ1) is 25.5. The summed E-state index contributed by atoms with van der Waals surface area (Å²) in [6.07, 6.45) is 0. The van der Waals surface area contributed by atoms with Crippen LogP contribution in [0.4, 0.5) is 34.1 Å². The molecule has 6 aromatic rings. The third kappa shape index (κ3) is 5.09. The van der Waals surface area contributed by atoms with Gasteiger partial charge in [-0.1, -0.05) is 83.9 Å². The summed E-state index contributed by atoms with van der Waals surface area (Å²) in [6.45, 7) is 8.58. The van der Waals surface area contributed by atoms with E-state index in [2.05, 4.69) is 171 Å². The lowest BCUT2D eigenvalue weighted by Gasteiger charge is -2.31. The summed E-state index contributed by atoms with van der Waals surface area (Å²) in [4.78, 5) is 4.76. The molecule has 0 amide bonds. The molecule has 0 unspecified atom stereocenters. The second-order valence-corrected chi connectivity index (χ2v) is 10.7. The standard InChI is InChI=1S/C38H34N2/c1-27-15-19-32(20-16-27)39(34-12-7-9-29(3)23-34)36-25-31-11-5-6-14-37(31)38(26-36)40(33-21-17-28(2)18-22-33)35-13-8-10-30(4)24-35/h5-26H,1-4H3. The lowest BCUT2D eigenvalue weighted by atomic mass is 10.0. The highest BCUT2D eigenvalue weighted by Crippen LogP contribution is 2.44. The molecule has 0 aliphatic carbocycles. The Balaban J connectivity index is 1.64. The summed E-state index contributed by atoms with van der Waals surface area (Å²) in [5.74, 6) is 0. The van der Waals surface area contributed by atoms with Crippen LogP contribution in [0.5, 0.6) is 0 Å². The average molecular weight is 519 g/mol. The van der Waals surface area contributed by atoms with Crippen molar-refractivity contribution in [3.05, 3.63) is 156 Å². The minimum atomic E-state index is 1.12. The van der Waals surface area contributed by atoms with Crippen LogP contribution < -0.4 is 9.80 Å². The van der Waals surface area contributed by atoms with Gasteiger partial charge in [-0.25, -0.2) is 0 Å². The van der Waals surface area contributed by atoms with Crippen LogP contribution >= 0.6 is 0 Å². The van der Waals surface area contributed by atoms with Crippen LogP contribution in [0.2, 0.25) is 0 Å². The molecule has 0 spiro atoms. The van der Waals surface area contributed by atoms with E-state index >= 15 is 0 Å². The lowest BCUT2D eigenvalue weighted by molar-refractivity contribution is 1.24. The quantitative estimate of drug-likeness (QED) is 0.216. The summed E-state index contributed by atoms with van der Waals surface area (Å²) >= 11 is 0. The molecule has 0 radical (unpaired) electrons. The maximum atomic E-state index is 2.39. The van der Waals surface area contributed by atoms with E-state index in [1.54, 1.807) is 0 Å². The Bertz CT molecular complexity index is 1780. The maximum absolute atomic E-state index is 2.39. The summed E-state index contributed by atoms with van der Waals surface area (Å²) < 4.78 is 0. The number of rotatable bonds is 6. The molecule has 0 heterocycles. The molecule has 0 saturated heterocycles. The molecule has 0 fully saturated rings. The highest BCUT2D eigenvalue weighted by molar-refractivity contribution is 6.02. The minimum absolute atomic E-state index is 1.12. The van der Waals surface area contributed by atoms with Gasteiger partial charge in [-0.3, -0.25) is 0 Å². The lowest BCUT2D eigenvalue weighted by Crippen LogP contribution is -2.14. The Kier molecular flexibility index (Phi) is 6.84. The zero-order valence-electron chi connectivity index (χ0n) is 23.6. The number of hydrogen-bond acceptors (Lipinski definition) is 2. The topological polar surface area (TPSA) is 6.48 Å². The number of benzene rings is 6. The number of aryl methyl sites for hydroxylation is 4. The fourth-order valence-corrected chi connectivity index (χ4v) is 5.39. The predicted octanol–water partition coefficient (Wildman–Crippen LogP) is 11.0. The second kappa shape index (κ2) is 10.7. The third-order valence-electron chi connectivity index (χ3n) is 7.43. The monoisotopic (exact) mass is 518 g/mol. The number of anilines is 6. The summed E-state index contributed by atoms with van der Waals surface area (Å²) in [7, 11) is 0. The van der Waals surface area contributed by atoms with Crippen molar-refractivity contribution in [2.45, 2.75) is 27.7 Å². The minimum Gasteiger partial charge on any atom is -0.310 e. The summed E-state index contributed by atoms with van der Waals surface area (Å²) in [5.41, 5.74) is 11.8. The fourth-order valence-electron chi connectivity index (χ4n) is 5.39. The molecule has 6 rings (SSSR count). The molecular formula is C38H34N2. The van der Waals surface area contributed by atoms with Gasteiger partial charge >= 0.3 is 0 Å². The highest BCUT2D eigenvalue weighted by Gasteiger charge is 2.20. The fraction of sp³-hybridized carbons (Fsp3) is 0.105. The molecule has 0 bridgehead atoms. The zero-order valence-corrected chi connectivity index (χ0v) is 23.6. The molecule has 0 aliphatic heterocycles. The van der Waals surface area contributed by atoms with Gasteiger partial charge < -0.3 is 9.80 Å². The predicted molar refractivity (Wildman–Crippen MR) is 172 cm³/mol. The van der Waals surface area contributed by atoms with Crippen molar-refractivity contribution in [3.8, 4) is 0 Å². The number of nitrogens with zero attached hydrogens (tertiary/aromatic N) is 2. The van der Waals surface area contributed by atoms with Crippen LogP contribution in [-0.4, -0.2) is 0 Å². The van der Waals surface area contributed by atoms with Crippen molar-refractivity contribution >= 4 is 44.9 Å². The van der Waals surface area contributed by atoms with Gasteiger partial charge in [0.15, 0.2) is 0 Å². The Morgan fingerprint density at radius 1 is 0.350 bits per heavy atom. The van der Waals surface area contributed by atoms with Gasteiger partial charge in [-0.05, 0) is 105 Å². The SMILES string of the molecule is Cc1ccc(N(c2cccc(C)c2)c2cc(N(c3ccc(C)cc3)c3cccc(C)c3)c3ccccc3c2)cc1. The molecule has 196 valence electrons. The van der Waals surface area contributed by atoms with Gasteiger partial charge in [0, 0.05) is 33.8 Å². The molecular weight excluding hydrogens is 484 g/mol. The molecule has 2 heteroatoms. The van der Waals surface area contributed by atoms with Crippen molar-refractivity contribution in [2.24, 2.45) is 0 Å². The van der Waals surface area contributed by atoms with E-state index in [1.807, 2.05) is 0 Å². The van der Waals surface area contributed by atoms with Crippen molar-refractivity contribution in [3.63, 3.8) is 0 Å². The molecule has 40 heavy (non-hydrogen) atoms. The van der Waals surface area contributed by atoms with Gasteiger partial charge in [-0.2, -0.15) is 0 Å². The van der Waals surface area contributed by atoms with Crippen LogP contribution in [0, 0.1) is 27.7 Å². The van der Waals surface area contributed by atoms with Crippen LogP contribution in [0.15, 0.2) is 133 Å². The molecule has 2 nitrogen and oxygen atoms in total. The Morgan fingerprint density at radius 3 is 1.45 bits per heavy atom. The maximum Gasteiger partial charge on any atom is 0.0560 e. The molecule has 0 saturated carbocycles. The van der Waals surface area contributed by atoms with E-state index in [0.717, 1.165) is 34.1 Å². The van der Waals surface area contributed by atoms with Gasteiger partial charge in [0.05, 0.1) is 5.69 Å². The Morgan fingerprint density at radius 2 is 0.875 bits per heavy atom. The first-order chi connectivity index (χ1) is 19.5. The van der Waals surface area contributed by atoms with E-state index in [1.165, 1.54) is 33.0 Å². The van der Waals surface area contributed by atoms with E-state index in [0.29, 0.717) is 0 Å². The summed E-state index contributed by atoms with van der Waals surface area (Å²) in [5, 5.41) is 2.41. The highest BCUT2D eigenvalue weighted by atomic mass is 15.2. The van der Waals surface area contributed by atoms with Crippen LogP contribution in [-0.2, 0) is 0 Å². The normalized spacial score (nSPS) is 11.0.